The van der Waals surface area contributed by atoms with Gasteiger partial charge in [-0.3, -0.25) is 14.9 Å². The number of carbonyl (C=O) groups is 1. The van der Waals surface area contributed by atoms with E-state index in [1.165, 1.54) is 31.0 Å². The number of carbonyl (C=O) groups excluding carboxylic acids is 1. The number of nitrogens with zero attached hydrogens (tertiary/aromatic N) is 2. The summed E-state index contributed by atoms with van der Waals surface area (Å²) in [5.74, 6) is -0.440. The molecule has 5 nitrogen and oxygen atoms in total. The number of nitro benzene ring substituents is 1. The molecule has 0 spiro atoms. The molecule has 0 aliphatic carbocycles. The van der Waals surface area contributed by atoms with E-state index in [1.807, 2.05) is 0 Å². The summed E-state index contributed by atoms with van der Waals surface area (Å²) in [6, 6.07) is 3.81. The summed E-state index contributed by atoms with van der Waals surface area (Å²) in [5.41, 5.74) is -0.137. The van der Waals surface area contributed by atoms with Gasteiger partial charge in [-0.25, -0.2) is 8.78 Å². The third-order valence-corrected chi connectivity index (χ3v) is 2.41. The van der Waals surface area contributed by atoms with E-state index in [4.69, 9.17) is 0 Å². The van der Waals surface area contributed by atoms with E-state index in [-0.39, 0.29) is 16.9 Å². The molecule has 0 saturated heterocycles. The Balaban J connectivity index is 3.15. The summed E-state index contributed by atoms with van der Waals surface area (Å²) in [6.45, 7) is 0.682. The van der Waals surface area contributed by atoms with E-state index in [9.17, 15) is 23.7 Å². The lowest BCUT2D eigenvalue weighted by atomic mass is 10.1. The normalized spacial score (nSPS) is 10.5. The molecule has 0 atom stereocenters. The minimum Gasteiger partial charge on any atom is -0.369 e. The Bertz CT molecular complexity index is 477. The third kappa shape index (κ3) is 3.22. The fourth-order valence-electron chi connectivity index (χ4n) is 1.52. The van der Waals surface area contributed by atoms with E-state index < -0.39 is 23.7 Å². The average molecular weight is 258 g/mol. The fraction of sp³-hybridized carbons (Fsp3) is 0.364. The molecule has 1 aromatic carbocycles. The van der Waals surface area contributed by atoms with Gasteiger partial charge >= 0.3 is 0 Å². The SMILES string of the molecule is CC(=O)c1ccc(N(C)CC(F)F)cc1[N+](=O)[O-]. The predicted octanol–water partition coefficient (Wildman–Crippen LogP) is 2.50. The standard InChI is InChI=1S/C11H12F2N2O3/c1-7(16)9-4-3-8(5-10(9)15(17)18)14(2)6-11(12)13/h3-5,11H,6H2,1-2H3. The highest BCUT2D eigenvalue weighted by Crippen LogP contribution is 2.25. The van der Waals surface area contributed by atoms with Crippen molar-refractivity contribution in [3.05, 3.63) is 33.9 Å². The highest BCUT2D eigenvalue weighted by atomic mass is 19.3. The molecule has 0 aliphatic heterocycles. The molecule has 18 heavy (non-hydrogen) atoms. The van der Waals surface area contributed by atoms with E-state index in [0.29, 0.717) is 0 Å². The van der Waals surface area contributed by atoms with Crippen LogP contribution in [0.15, 0.2) is 18.2 Å². The van der Waals surface area contributed by atoms with Gasteiger partial charge in [0.15, 0.2) is 5.78 Å². The van der Waals surface area contributed by atoms with Gasteiger partial charge in [-0.15, -0.1) is 0 Å². The maximum atomic E-state index is 12.2. The van der Waals surface area contributed by atoms with Gasteiger partial charge in [0.25, 0.3) is 12.1 Å². The van der Waals surface area contributed by atoms with E-state index >= 15 is 0 Å². The number of alkyl halides is 2. The van der Waals surface area contributed by atoms with Gasteiger partial charge in [-0.2, -0.15) is 0 Å². The second kappa shape index (κ2) is 5.52. The monoisotopic (exact) mass is 258 g/mol. The Morgan fingerprint density at radius 2 is 2.11 bits per heavy atom. The van der Waals surface area contributed by atoms with Crippen LogP contribution in [0.5, 0.6) is 0 Å². The number of rotatable bonds is 5. The molecule has 1 rings (SSSR count). The van der Waals surface area contributed by atoms with Crippen LogP contribution in [0.3, 0.4) is 0 Å². The first-order valence-corrected chi connectivity index (χ1v) is 5.11. The van der Waals surface area contributed by atoms with E-state index in [0.717, 1.165) is 6.07 Å². The van der Waals surface area contributed by atoms with Crippen LogP contribution in [-0.2, 0) is 0 Å². The molecule has 0 fully saturated rings. The van der Waals surface area contributed by atoms with Crippen LogP contribution in [0.1, 0.15) is 17.3 Å². The highest BCUT2D eigenvalue weighted by molar-refractivity contribution is 5.98. The molecular weight excluding hydrogens is 246 g/mol. The minimum atomic E-state index is -2.54. The molecule has 0 unspecified atom stereocenters. The number of hydrogen-bond donors (Lipinski definition) is 0. The molecule has 1 aromatic rings. The zero-order valence-electron chi connectivity index (χ0n) is 9.89. The molecule has 0 aliphatic rings. The van der Waals surface area contributed by atoms with Crippen LogP contribution >= 0.6 is 0 Å². The van der Waals surface area contributed by atoms with Gasteiger partial charge in [-0.1, -0.05) is 0 Å². The molecular formula is C11H12F2N2O3. The van der Waals surface area contributed by atoms with E-state index in [1.54, 1.807) is 0 Å². The lowest BCUT2D eigenvalue weighted by Crippen LogP contribution is -2.24. The number of Topliss-reactive ketones (excluding diaryl/α,β-unsaturated/α-hetero) is 1. The fourth-order valence-corrected chi connectivity index (χ4v) is 1.52. The van der Waals surface area contributed by atoms with Crippen molar-refractivity contribution < 1.29 is 18.5 Å². The zero-order valence-corrected chi connectivity index (χ0v) is 9.89. The molecule has 0 N–H and O–H groups in total. The van der Waals surface area contributed by atoms with Gasteiger partial charge < -0.3 is 4.90 Å². The van der Waals surface area contributed by atoms with Gasteiger partial charge in [0.2, 0.25) is 0 Å². The van der Waals surface area contributed by atoms with Crippen LogP contribution in [0.25, 0.3) is 0 Å². The first kappa shape index (κ1) is 14.0. The zero-order chi connectivity index (χ0) is 13.9. The first-order chi connectivity index (χ1) is 8.32. The largest absolute Gasteiger partial charge is 0.369 e. The summed E-state index contributed by atoms with van der Waals surface area (Å²) in [7, 11) is 1.40. The number of anilines is 1. The molecule has 0 bridgehead atoms. The summed E-state index contributed by atoms with van der Waals surface area (Å²) in [5, 5.41) is 10.8. The second-order valence-electron chi connectivity index (χ2n) is 3.79. The van der Waals surface area contributed by atoms with Crippen molar-refractivity contribution in [3.8, 4) is 0 Å². The van der Waals surface area contributed by atoms with Crippen molar-refractivity contribution in [1.29, 1.82) is 0 Å². The van der Waals surface area contributed by atoms with Crippen LogP contribution in [0.2, 0.25) is 0 Å². The van der Waals surface area contributed by atoms with Crippen molar-refractivity contribution in [1.82, 2.24) is 0 Å². The lowest BCUT2D eigenvalue weighted by Gasteiger charge is -2.18. The van der Waals surface area contributed by atoms with Gasteiger partial charge in [-0.05, 0) is 19.1 Å². The molecule has 7 heteroatoms. The summed E-state index contributed by atoms with van der Waals surface area (Å²) >= 11 is 0. The van der Waals surface area contributed by atoms with Crippen molar-refractivity contribution in [2.45, 2.75) is 13.3 Å². The van der Waals surface area contributed by atoms with Crippen LogP contribution in [0.4, 0.5) is 20.2 Å². The average Bonchev–Trinajstić information content (AvgIpc) is 2.26. The summed E-state index contributed by atoms with van der Waals surface area (Å²) in [6.07, 6.45) is -2.54. The number of nitro groups is 1. The number of ketones is 1. The Kier molecular flexibility index (Phi) is 4.30. The maximum absolute atomic E-state index is 12.2. The Labute approximate surface area is 102 Å². The quantitative estimate of drug-likeness (QED) is 0.462. The third-order valence-electron chi connectivity index (χ3n) is 2.41. The van der Waals surface area contributed by atoms with Gasteiger partial charge in [0, 0.05) is 18.8 Å². The molecule has 0 amide bonds. The summed E-state index contributed by atoms with van der Waals surface area (Å²) in [4.78, 5) is 22.5. The molecule has 98 valence electrons. The molecule has 0 heterocycles. The first-order valence-electron chi connectivity index (χ1n) is 5.11. The number of hydrogen-bond acceptors (Lipinski definition) is 4. The Hall–Kier alpha value is -2.05. The number of benzene rings is 1. The van der Waals surface area contributed by atoms with Crippen molar-refractivity contribution in [2.24, 2.45) is 0 Å². The topological polar surface area (TPSA) is 63.5 Å². The molecule has 0 aromatic heterocycles. The minimum absolute atomic E-state index is 0.0332. The van der Waals surface area contributed by atoms with Gasteiger partial charge in [0.1, 0.15) is 0 Å². The van der Waals surface area contributed by atoms with Crippen molar-refractivity contribution >= 4 is 17.2 Å². The Morgan fingerprint density at radius 3 is 2.56 bits per heavy atom. The number of halogens is 2. The van der Waals surface area contributed by atoms with Crippen LogP contribution in [0, 0.1) is 10.1 Å². The van der Waals surface area contributed by atoms with Crippen LogP contribution < -0.4 is 4.90 Å². The Morgan fingerprint density at radius 1 is 1.50 bits per heavy atom. The lowest BCUT2D eigenvalue weighted by molar-refractivity contribution is -0.385. The van der Waals surface area contributed by atoms with Crippen molar-refractivity contribution in [2.75, 3.05) is 18.5 Å². The maximum Gasteiger partial charge on any atom is 0.282 e. The van der Waals surface area contributed by atoms with E-state index in [2.05, 4.69) is 0 Å². The van der Waals surface area contributed by atoms with Gasteiger partial charge in [0.05, 0.1) is 17.0 Å². The predicted molar refractivity (Wildman–Crippen MR) is 62.4 cm³/mol. The smallest absolute Gasteiger partial charge is 0.282 e. The molecule has 0 saturated carbocycles. The van der Waals surface area contributed by atoms with Crippen molar-refractivity contribution in [3.63, 3.8) is 0 Å². The van der Waals surface area contributed by atoms with Crippen LogP contribution in [-0.4, -0.2) is 30.7 Å². The summed E-state index contributed by atoms with van der Waals surface area (Å²) < 4.78 is 24.4. The molecule has 0 radical (unpaired) electrons. The highest BCUT2D eigenvalue weighted by Gasteiger charge is 2.19. The second-order valence-corrected chi connectivity index (χ2v) is 3.79.